The van der Waals surface area contributed by atoms with E-state index in [4.69, 9.17) is 0 Å². The van der Waals surface area contributed by atoms with Crippen molar-refractivity contribution in [3.05, 3.63) is 24.0 Å². The third-order valence-electron chi connectivity index (χ3n) is 0.631. The van der Waals surface area contributed by atoms with E-state index >= 15 is 0 Å². The van der Waals surface area contributed by atoms with Crippen molar-refractivity contribution in [2.24, 2.45) is 0 Å². The van der Waals surface area contributed by atoms with Crippen LogP contribution in [0.25, 0.3) is 0 Å². The summed E-state index contributed by atoms with van der Waals surface area (Å²) in [4.78, 5) is 9.18. The number of nitro groups is 1. The molecule has 0 aliphatic rings. The minimum Gasteiger partial charge on any atom is -0.264 e. The average molecular weight is 101 g/mol. The highest BCUT2D eigenvalue weighted by atomic mass is 16.6. The number of hydrogen-bond donors (Lipinski definition) is 0. The summed E-state index contributed by atoms with van der Waals surface area (Å²) < 4.78 is 0. The van der Waals surface area contributed by atoms with Crippen LogP contribution >= 0.6 is 0 Å². The number of hydrogen-bond acceptors (Lipinski definition) is 2. The van der Waals surface area contributed by atoms with Crippen LogP contribution in [-0.4, -0.2) is 11.0 Å². The van der Waals surface area contributed by atoms with Crippen LogP contribution in [0, 0.1) is 24.0 Å². The van der Waals surface area contributed by atoms with Crippen molar-refractivity contribution in [2.75, 3.05) is 0 Å². The quantitative estimate of drug-likeness (QED) is 0.379. The zero-order valence-electron chi connectivity index (χ0n) is 3.96. The Morgan fingerprint density at radius 1 is 1.86 bits per heavy atom. The van der Waals surface area contributed by atoms with Crippen molar-refractivity contribution in [3.63, 3.8) is 0 Å². The maximum Gasteiger partial charge on any atom is 0.213 e. The van der Waals surface area contributed by atoms with Crippen LogP contribution in [0.4, 0.5) is 0 Å². The third kappa shape index (κ3) is 2.14. The Hall–Kier alpha value is -0.600. The van der Waals surface area contributed by atoms with E-state index in [0.717, 1.165) is 0 Å². The van der Waals surface area contributed by atoms with Crippen LogP contribution in [0.15, 0.2) is 0 Å². The smallest absolute Gasteiger partial charge is 0.213 e. The minimum absolute atomic E-state index is 0.257. The molecule has 0 aromatic rings. The molecule has 0 heterocycles. The molecule has 3 nitrogen and oxygen atoms in total. The molecule has 1 unspecified atom stereocenters. The molecule has 2 radical (unpaired) electrons. The zero-order chi connectivity index (χ0) is 5.86. The van der Waals surface area contributed by atoms with Crippen molar-refractivity contribution >= 4 is 0 Å². The van der Waals surface area contributed by atoms with Gasteiger partial charge in [-0.2, -0.15) is 0 Å². The Kier molecular flexibility index (Phi) is 2.33. The molecule has 7 heavy (non-hydrogen) atoms. The highest BCUT2D eigenvalue weighted by Gasteiger charge is 2.06. The van der Waals surface area contributed by atoms with Gasteiger partial charge in [0.05, 0.1) is 0 Å². The second-order valence-corrected chi connectivity index (χ2v) is 1.23. The first-order valence-electron chi connectivity index (χ1n) is 1.94. The molecule has 1 atom stereocenters. The van der Waals surface area contributed by atoms with Gasteiger partial charge in [-0.1, -0.05) is 0 Å². The summed E-state index contributed by atoms with van der Waals surface area (Å²) in [7, 11) is 0. The lowest BCUT2D eigenvalue weighted by atomic mass is 10.3. The Morgan fingerprint density at radius 3 is 2.29 bits per heavy atom. The maximum atomic E-state index is 9.63. The van der Waals surface area contributed by atoms with E-state index in [0.29, 0.717) is 0 Å². The Labute approximate surface area is 42.5 Å². The first-order valence-corrected chi connectivity index (χ1v) is 1.94. The first-order chi connectivity index (χ1) is 3.18. The first kappa shape index (κ1) is 6.40. The summed E-state index contributed by atoms with van der Waals surface area (Å²) in [6.45, 7) is 6.50. The van der Waals surface area contributed by atoms with Crippen LogP contribution in [-0.2, 0) is 0 Å². The molecular weight excluding hydrogens is 94.0 g/mol. The van der Waals surface area contributed by atoms with E-state index < -0.39 is 11.0 Å². The van der Waals surface area contributed by atoms with Crippen molar-refractivity contribution < 1.29 is 4.92 Å². The van der Waals surface area contributed by atoms with E-state index in [-0.39, 0.29) is 6.42 Å². The molecule has 0 saturated heterocycles. The Morgan fingerprint density at radius 2 is 2.29 bits per heavy atom. The van der Waals surface area contributed by atoms with Gasteiger partial charge in [-0.15, -0.1) is 0 Å². The van der Waals surface area contributed by atoms with Gasteiger partial charge in [-0.05, 0) is 6.92 Å². The largest absolute Gasteiger partial charge is 0.264 e. The monoisotopic (exact) mass is 101 g/mol. The van der Waals surface area contributed by atoms with Gasteiger partial charge in [0, 0.05) is 18.3 Å². The summed E-state index contributed by atoms with van der Waals surface area (Å²) in [6, 6.07) is -0.736. The molecule has 0 saturated carbocycles. The molecule has 0 fully saturated rings. The molecule has 0 bridgehead atoms. The fraction of sp³-hybridized carbons (Fsp3) is 0.500. The number of rotatable bonds is 2. The minimum atomic E-state index is -0.736. The van der Waals surface area contributed by atoms with Crippen LogP contribution in [0.1, 0.15) is 6.42 Å². The maximum absolute atomic E-state index is 9.63. The van der Waals surface area contributed by atoms with Gasteiger partial charge in [-0.3, -0.25) is 10.1 Å². The van der Waals surface area contributed by atoms with Gasteiger partial charge in [0.15, 0.2) is 0 Å². The Bertz CT molecular complexity index is 72.1. The van der Waals surface area contributed by atoms with Gasteiger partial charge >= 0.3 is 0 Å². The van der Waals surface area contributed by atoms with E-state index in [1.54, 1.807) is 0 Å². The lowest BCUT2D eigenvalue weighted by molar-refractivity contribution is -0.509. The van der Waals surface area contributed by atoms with Gasteiger partial charge < -0.3 is 0 Å². The lowest BCUT2D eigenvalue weighted by Gasteiger charge is -1.94. The molecule has 3 heteroatoms. The van der Waals surface area contributed by atoms with Crippen molar-refractivity contribution in [2.45, 2.75) is 12.5 Å². The molecule has 0 aliphatic carbocycles. The topological polar surface area (TPSA) is 43.1 Å². The predicted molar refractivity (Wildman–Crippen MR) is 26.1 cm³/mol. The lowest BCUT2D eigenvalue weighted by Crippen LogP contribution is -2.12. The summed E-state index contributed by atoms with van der Waals surface area (Å²) in [5.74, 6) is 0. The zero-order valence-corrected chi connectivity index (χ0v) is 3.96. The molecule has 0 aromatic heterocycles. The summed E-state index contributed by atoms with van der Waals surface area (Å²) in [5.41, 5.74) is 0. The van der Waals surface area contributed by atoms with Crippen LogP contribution in [0.5, 0.6) is 0 Å². The normalized spacial score (nSPS) is 13.4. The molecule has 0 aromatic carbocycles. The van der Waals surface area contributed by atoms with E-state index in [1.807, 2.05) is 0 Å². The highest BCUT2D eigenvalue weighted by Crippen LogP contribution is 1.89. The summed E-state index contributed by atoms with van der Waals surface area (Å²) in [6.07, 6.45) is 0.257. The second-order valence-electron chi connectivity index (χ2n) is 1.23. The van der Waals surface area contributed by atoms with Gasteiger partial charge in [0.2, 0.25) is 6.04 Å². The predicted octanol–water partition coefficient (Wildman–Crippen LogP) is 0.690. The fourth-order valence-corrected chi connectivity index (χ4v) is 0.105. The fourth-order valence-electron chi connectivity index (χ4n) is 0.105. The van der Waals surface area contributed by atoms with Crippen LogP contribution in [0.2, 0.25) is 0 Å². The molecule has 0 aliphatic heterocycles. The standard InChI is InChI=1S/C4H7NO2/c1-3-4(2)5(6)7/h4H,1-3H2. The van der Waals surface area contributed by atoms with Gasteiger partial charge in [0.1, 0.15) is 0 Å². The van der Waals surface area contributed by atoms with E-state index in [9.17, 15) is 10.1 Å². The van der Waals surface area contributed by atoms with Crippen LogP contribution in [0.3, 0.4) is 0 Å². The average Bonchev–Trinajstić information content (AvgIpc) is 1.65. The van der Waals surface area contributed by atoms with Crippen LogP contribution < -0.4 is 0 Å². The molecule has 0 amide bonds. The van der Waals surface area contributed by atoms with Gasteiger partial charge in [0.25, 0.3) is 0 Å². The molecule has 0 N–H and O–H groups in total. The number of nitrogens with zero attached hydrogens (tertiary/aromatic N) is 1. The molecule has 40 valence electrons. The van der Waals surface area contributed by atoms with E-state index in [1.165, 1.54) is 0 Å². The highest BCUT2D eigenvalue weighted by molar-refractivity contribution is 4.57. The van der Waals surface area contributed by atoms with Crippen molar-refractivity contribution in [3.8, 4) is 0 Å². The van der Waals surface area contributed by atoms with E-state index in [2.05, 4.69) is 13.8 Å². The van der Waals surface area contributed by atoms with Crippen molar-refractivity contribution in [1.29, 1.82) is 0 Å². The molecule has 0 rings (SSSR count). The second kappa shape index (κ2) is 2.55. The van der Waals surface area contributed by atoms with Crippen molar-refractivity contribution in [1.82, 2.24) is 0 Å². The van der Waals surface area contributed by atoms with Gasteiger partial charge in [-0.25, -0.2) is 0 Å². The Balaban J connectivity index is 3.34. The SMILES string of the molecule is [CH2]CC([CH2])[N+](=O)[O-]. The summed E-state index contributed by atoms with van der Waals surface area (Å²) in [5, 5.41) is 9.63. The molecular formula is C4H7NO2. The molecule has 0 spiro atoms. The summed E-state index contributed by atoms with van der Waals surface area (Å²) >= 11 is 0. The third-order valence-corrected chi connectivity index (χ3v) is 0.631.